The molecule has 0 atom stereocenters. The van der Waals surface area contributed by atoms with Crippen molar-refractivity contribution >= 4 is 5.91 Å². The fourth-order valence-corrected chi connectivity index (χ4v) is 2.28. The summed E-state index contributed by atoms with van der Waals surface area (Å²) in [5, 5.41) is 12.0. The second-order valence-corrected chi connectivity index (χ2v) is 5.64. The number of hydrogen-bond donors (Lipinski definition) is 2. The molecular weight excluding hydrogens is 254 g/mol. The third-order valence-corrected chi connectivity index (χ3v) is 3.87. The van der Waals surface area contributed by atoms with Crippen LogP contribution in [0.5, 0.6) is 5.75 Å². The van der Waals surface area contributed by atoms with Crippen molar-refractivity contribution in [3.63, 3.8) is 0 Å². The minimum atomic E-state index is -0.162. The molecule has 0 unspecified atom stereocenters. The number of aryl methyl sites for hydroxylation is 2. The summed E-state index contributed by atoms with van der Waals surface area (Å²) >= 11 is 0. The minimum absolute atomic E-state index is 0.00947. The van der Waals surface area contributed by atoms with Gasteiger partial charge in [-0.05, 0) is 55.9 Å². The SMILES string of the molecule is Cc1ccc(OCCC(=O)NCC2CC(O)C2)cc1C. The molecule has 1 aliphatic carbocycles. The van der Waals surface area contributed by atoms with Gasteiger partial charge < -0.3 is 15.2 Å². The Labute approximate surface area is 120 Å². The lowest BCUT2D eigenvalue weighted by Crippen LogP contribution is -2.38. The van der Waals surface area contributed by atoms with Gasteiger partial charge in [0.1, 0.15) is 5.75 Å². The van der Waals surface area contributed by atoms with Crippen molar-refractivity contribution in [3.8, 4) is 5.75 Å². The van der Waals surface area contributed by atoms with Crippen LogP contribution >= 0.6 is 0 Å². The van der Waals surface area contributed by atoms with E-state index in [4.69, 9.17) is 9.84 Å². The van der Waals surface area contributed by atoms with E-state index in [1.165, 1.54) is 11.1 Å². The average molecular weight is 277 g/mol. The lowest BCUT2D eigenvalue weighted by Gasteiger charge is -2.31. The molecule has 1 amide bonds. The zero-order valence-corrected chi connectivity index (χ0v) is 12.2. The normalized spacial score (nSPS) is 21.1. The number of nitrogens with one attached hydrogen (secondary N) is 1. The summed E-state index contributed by atoms with van der Waals surface area (Å²) in [6.07, 6.45) is 1.81. The molecule has 0 aliphatic heterocycles. The van der Waals surface area contributed by atoms with Crippen LogP contribution in [0.3, 0.4) is 0 Å². The average Bonchev–Trinajstić information content (AvgIpc) is 2.37. The third kappa shape index (κ3) is 4.23. The highest BCUT2D eigenvalue weighted by molar-refractivity contribution is 5.76. The third-order valence-electron chi connectivity index (χ3n) is 3.87. The molecule has 1 fully saturated rings. The van der Waals surface area contributed by atoms with Crippen molar-refractivity contribution in [2.45, 2.75) is 39.2 Å². The van der Waals surface area contributed by atoms with Crippen LogP contribution in [-0.4, -0.2) is 30.3 Å². The molecule has 0 aromatic heterocycles. The monoisotopic (exact) mass is 277 g/mol. The quantitative estimate of drug-likeness (QED) is 0.835. The van der Waals surface area contributed by atoms with E-state index in [-0.39, 0.29) is 12.0 Å². The molecule has 1 aromatic rings. The second kappa shape index (κ2) is 6.75. The summed E-state index contributed by atoms with van der Waals surface area (Å²) in [7, 11) is 0. The van der Waals surface area contributed by atoms with Gasteiger partial charge in [0.25, 0.3) is 0 Å². The van der Waals surface area contributed by atoms with Gasteiger partial charge in [-0.15, -0.1) is 0 Å². The van der Waals surface area contributed by atoms with Gasteiger partial charge >= 0.3 is 0 Å². The number of aliphatic hydroxyl groups is 1. The number of benzene rings is 1. The largest absolute Gasteiger partial charge is 0.493 e. The zero-order chi connectivity index (χ0) is 14.5. The zero-order valence-electron chi connectivity index (χ0n) is 12.2. The number of ether oxygens (including phenoxy) is 1. The Balaban J connectivity index is 1.62. The predicted octanol–water partition coefficient (Wildman–Crippen LogP) is 1.96. The van der Waals surface area contributed by atoms with Crippen molar-refractivity contribution in [3.05, 3.63) is 29.3 Å². The molecule has 2 N–H and O–H groups in total. The summed E-state index contributed by atoms with van der Waals surface area (Å²) in [5.74, 6) is 1.26. The van der Waals surface area contributed by atoms with Gasteiger partial charge in [-0.1, -0.05) is 6.07 Å². The Morgan fingerprint density at radius 2 is 2.10 bits per heavy atom. The van der Waals surface area contributed by atoms with Gasteiger partial charge in [0, 0.05) is 6.54 Å². The second-order valence-electron chi connectivity index (χ2n) is 5.64. The van der Waals surface area contributed by atoms with Crippen LogP contribution in [0.15, 0.2) is 18.2 Å². The first-order valence-corrected chi connectivity index (χ1v) is 7.19. The molecular formula is C16H23NO3. The molecule has 1 saturated carbocycles. The Morgan fingerprint density at radius 3 is 2.75 bits per heavy atom. The molecule has 110 valence electrons. The summed E-state index contributed by atoms with van der Waals surface area (Å²) in [6, 6.07) is 5.94. The van der Waals surface area contributed by atoms with Crippen molar-refractivity contribution in [2.24, 2.45) is 5.92 Å². The highest BCUT2D eigenvalue weighted by Gasteiger charge is 2.26. The van der Waals surface area contributed by atoms with Crippen LogP contribution in [0, 0.1) is 19.8 Å². The highest BCUT2D eigenvalue weighted by Crippen LogP contribution is 2.26. The minimum Gasteiger partial charge on any atom is -0.493 e. The van der Waals surface area contributed by atoms with E-state index in [2.05, 4.69) is 12.2 Å². The maximum absolute atomic E-state index is 11.6. The lowest BCUT2D eigenvalue weighted by molar-refractivity contribution is -0.122. The summed E-state index contributed by atoms with van der Waals surface area (Å²) in [6.45, 7) is 5.16. The Morgan fingerprint density at radius 1 is 1.35 bits per heavy atom. The van der Waals surface area contributed by atoms with Crippen molar-refractivity contribution in [2.75, 3.05) is 13.2 Å². The molecule has 0 heterocycles. The number of rotatable bonds is 6. The van der Waals surface area contributed by atoms with E-state index < -0.39 is 0 Å². The van der Waals surface area contributed by atoms with Crippen LogP contribution < -0.4 is 10.1 Å². The van der Waals surface area contributed by atoms with E-state index >= 15 is 0 Å². The van der Waals surface area contributed by atoms with Gasteiger partial charge in [0.15, 0.2) is 0 Å². The Hall–Kier alpha value is -1.55. The van der Waals surface area contributed by atoms with Crippen LogP contribution in [0.2, 0.25) is 0 Å². The van der Waals surface area contributed by atoms with Crippen LogP contribution in [0.25, 0.3) is 0 Å². The number of hydrogen-bond acceptors (Lipinski definition) is 3. The Bertz CT molecular complexity index is 467. The molecule has 0 radical (unpaired) electrons. The van der Waals surface area contributed by atoms with Gasteiger partial charge in [0.2, 0.25) is 5.91 Å². The molecule has 1 aliphatic rings. The van der Waals surface area contributed by atoms with Crippen LogP contribution in [0.4, 0.5) is 0 Å². The highest BCUT2D eigenvalue weighted by atomic mass is 16.5. The molecule has 2 rings (SSSR count). The van der Waals surface area contributed by atoms with E-state index in [0.717, 1.165) is 18.6 Å². The topological polar surface area (TPSA) is 58.6 Å². The molecule has 4 heteroatoms. The van der Waals surface area contributed by atoms with Crippen molar-refractivity contribution < 1.29 is 14.6 Å². The van der Waals surface area contributed by atoms with E-state index in [1.807, 2.05) is 25.1 Å². The molecule has 0 saturated heterocycles. The van der Waals surface area contributed by atoms with E-state index in [1.54, 1.807) is 0 Å². The standard InChI is InChI=1S/C16H23NO3/c1-11-3-4-15(7-12(11)2)20-6-5-16(19)17-10-13-8-14(18)9-13/h3-4,7,13-14,18H,5-6,8-10H2,1-2H3,(H,17,19). The first kappa shape index (κ1) is 14.9. The van der Waals surface area contributed by atoms with E-state index in [9.17, 15) is 4.79 Å². The Kier molecular flexibility index (Phi) is 5.01. The summed E-state index contributed by atoms with van der Waals surface area (Å²) in [4.78, 5) is 11.6. The lowest BCUT2D eigenvalue weighted by atomic mass is 9.82. The summed E-state index contributed by atoms with van der Waals surface area (Å²) in [5.41, 5.74) is 2.42. The fourth-order valence-electron chi connectivity index (χ4n) is 2.28. The fraction of sp³-hybridized carbons (Fsp3) is 0.562. The number of carbonyl (C=O) groups excluding carboxylic acids is 1. The molecule has 0 bridgehead atoms. The molecule has 20 heavy (non-hydrogen) atoms. The first-order chi connectivity index (χ1) is 9.54. The first-order valence-electron chi connectivity index (χ1n) is 7.19. The van der Waals surface area contributed by atoms with Gasteiger partial charge in [-0.2, -0.15) is 0 Å². The molecule has 4 nitrogen and oxygen atoms in total. The number of aliphatic hydroxyl groups excluding tert-OH is 1. The number of carbonyl (C=O) groups is 1. The van der Waals surface area contributed by atoms with E-state index in [0.29, 0.717) is 25.5 Å². The van der Waals surface area contributed by atoms with Crippen molar-refractivity contribution in [1.29, 1.82) is 0 Å². The number of amides is 1. The van der Waals surface area contributed by atoms with Crippen LogP contribution in [-0.2, 0) is 4.79 Å². The van der Waals surface area contributed by atoms with Gasteiger partial charge in [0.05, 0.1) is 19.1 Å². The smallest absolute Gasteiger partial charge is 0.223 e. The maximum Gasteiger partial charge on any atom is 0.223 e. The van der Waals surface area contributed by atoms with Gasteiger partial charge in [-0.3, -0.25) is 4.79 Å². The summed E-state index contributed by atoms with van der Waals surface area (Å²) < 4.78 is 5.58. The van der Waals surface area contributed by atoms with Crippen LogP contribution in [0.1, 0.15) is 30.4 Å². The molecule has 1 aromatic carbocycles. The predicted molar refractivity (Wildman–Crippen MR) is 77.8 cm³/mol. The van der Waals surface area contributed by atoms with Gasteiger partial charge in [-0.25, -0.2) is 0 Å². The molecule has 0 spiro atoms. The van der Waals surface area contributed by atoms with Crippen molar-refractivity contribution in [1.82, 2.24) is 5.32 Å². The maximum atomic E-state index is 11.6.